The van der Waals surface area contributed by atoms with E-state index < -0.39 is 13.0 Å². The van der Waals surface area contributed by atoms with Crippen LogP contribution in [0.1, 0.15) is 42.5 Å². The van der Waals surface area contributed by atoms with Crippen LogP contribution in [0, 0.1) is 19.7 Å². The standard InChI is InChI=1S/C16H24F3NO/c1-4-6-20-14(5-7-21-10-15(17)18)13-8-11(2)16(19)12(3)9-13/h8-9,14-15,20H,4-7,10H2,1-3H3. The average Bonchev–Trinajstić information content (AvgIpc) is 2.43. The monoisotopic (exact) mass is 303 g/mol. The van der Waals surface area contributed by atoms with Crippen molar-refractivity contribution in [3.63, 3.8) is 0 Å². The SMILES string of the molecule is CCCNC(CCOCC(F)F)c1cc(C)c(F)c(C)c1. The maximum Gasteiger partial charge on any atom is 0.261 e. The lowest BCUT2D eigenvalue weighted by Gasteiger charge is -2.20. The van der Waals surface area contributed by atoms with Crippen molar-refractivity contribution in [1.29, 1.82) is 0 Å². The number of benzene rings is 1. The van der Waals surface area contributed by atoms with Gasteiger partial charge >= 0.3 is 0 Å². The molecular weight excluding hydrogens is 279 g/mol. The summed E-state index contributed by atoms with van der Waals surface area (Å²) in [6.45, 7) is 6.04. The van der Waals surface area contributed by atoms with E-state index in [2.05, 4.69) is 12.2 Å². The first-order valence-electron chi connectivity index (χ1n) is 7.31. The van der Waals surface area contributed by atoms with E-state index in [4.69, 9.17) is 4.74 Å². The van der Waals surface area contributed by atoms with Crippen LogP contribution in [0.25, 0.3) is 0 Å². The molecule has 0 fully saturated rings. The van der Waals surface area contributed by atoms with E-state index in [1.807, 2.05) is 12.1 Å². The highest BCUT2D eigenvalue weighted by atomic mass is 19.3. The largest absolute Gasteiger partial charge is 0.375 e. The maximum atomic E-state index is 13.7. The van der Waals surface area contributed by atoms with Crippen molar-refractivity contribution in [1.82, 2.24) is 5.32 Å². The number of hydrogen-bond donors (Lipinski definition) is 1. The van der Waals surface area contributed by atoms with Gasteiger partial charge in [0.1, 0.15) is 12.4 Å². The van der Waals surface area contributed by atoms with E-state index in [9.17, 15) is 13.2 Å². The fraction of sp³-hybridized carbons (Fsp3) is 0.625. The summed E-state index contributed by atoms with van der Waals surface area (Å²) in [5, 5.41) is 3.36. The number of rotatable bonds is 9. The molecule has 0 saturated heterocycles. The summed E-state index contributed by atoms with van der Waals surface area (Å²) in [5.41, 5.74) is 2.17. The van der Waals surface area contributed by atoms with E-state index in [1.165, 1.54) is 0 Å². The number of alkyl halides is 2. The predicted molar refractivity (Wildman–Crippen MR) is 78.3 cm³/mol. The predicted octanol–water partition coefficient (Wildman–Crippen LogP) is 4.16. The van der Waals surface area contributed by atoms with Crippen LogP contribution in [0.4, 0.5) is 13.2 Å². The van der Waals surface area contributed by atoms with Crippen LogP contribution in [0.5, 0.6) is 0 Å². The summed E-state index contributed by atoms with van der Waals surface area (Å²) in [6.07, 6.45) is -0.896. The summed E-state index contributed by atoms with van der Waals surface area (Å²) < 4.78 is 42.7. The summed E-state index contributed by atoms with van der Waals surface area (Å²) in [4.78, 5) is 0. The molecule has 1 unspecified atom stereocenters. The molecule has 0 radical (unpaired) electrons. The first kappa shape index (κ1) is 18.0. The summed E-state index contributed by atoms with van der Waals surface area (Å²) >= 11 is 0. The number of ether oxygens (including phenoxy) is 1. The van der Waals surface area contributed by atoms with Gasteiger partial charge in [-0.15, -0.1) is 0 Å². The maximum absolute atomic E-state index is 13.7. The minimum Gasteiger partial charge on any atom is -0.375 e. The third-order valence-electron chi connectivity index (χ3n) is 3.30. The Morgan fingerprint density at radius 3 is 2.33 bits per heavy atom. The molecule has 0 saturated carbocycles. The molecule has 2 nitrogen and oxygen atoms in total. The second-order valence-corrected chi connectivity index (χ2v) is 5.23. The first-order chi connectivity index (χ1) is 9.95. The second-order valence-electron chi connectivity index (χ2n) is 5.23. The van der Waals surface area contributed by atoms with Crippen LogP contribution >= 0.6 is 0 Å². The Morgan fingerprint density at radius 1 is 1.19 bits per heavy atom. The van der Waals surface area contributed by atoms with Crippen molar-refractivity contribution in [2.24, 2.45) is 0 Å². The Morgan fingerprint density at radius 2 is 1.81 bits per heavy atom. The van der Waals surface area contributed by atoms with Crippen LogP contribution in [-0.2, 0) is 4.74 Å². The molecule has 5 heteroatoms. The highest BCUT2D eigenvalue weighted by molar-refractivity contribution is 5.32. The van der Waals surface area contributed by atoms with E-state index >= 15 is 0 Å². The van der Waals surface area contributed by atoms with Gasteiger partial charge in [-0.2, -0.15) is 0 Å². The normalized spacial score (nSPS) is 12.9. The molecule has 0 aromatic heterocycles. The summed E-state index contributed by atoms with van der Waals surface area (Å²) in [7, 11) is 0. The smallest absolute Gasteiger partial charge is 0.261 e. The Labute approximate surface area is 124 Å². The zero-order valence-electron chi connectivity index (χ0n) is 12.9. The zero-order chi connectivity index (χ0) is 15.8. The number of aryl methyl sites for hydroxylation is 2. The Bertz CT molecular complexity index is 415. The van der Waals surface area contributed by atoms with E-state index in [1.54, 1.807) is 13.8 Å². The Kier molecular flexibility index (Phi) is 7.75. The highest BCUT2D eigenvalue weighted by Gasteiger charge is 2.14. The van der Waals surface area contributed by atoms with Gasteiger partial charge in [0.05, 0.1) is 0 Å². The molecule has 0 aliphatic heterocycles. The number of hydrogen-bond acceptors (Lipinski definition) is 2. The van der Waals surface area contributed by atoms with Crippen molar-refractivity contribution >= 4 is 0 Å². The highest BCUT2D eigenvalue weighted by Crippen LogP contribution is 2.22. The van der Waals surface area contributed by atoms with Gasteiger partial charge in [-0.05, 0) is 49.9 Å². The fourth-order valence-corrected chi connectivity index (χ4v) is 2.26. The van der Waals surface area contributed by atoms with E-state index in [-0.39, 0.29) is 18.5 Å². The van der Waals surface area contributed by atoms with Gasteiger partial charge in [-0.1, -0.05) is 19.1 Å². The van der Waals surface area contributed by atoms with Gasteiger partial charge in [0.2, 0.25) is 0 Å². The molecule has 1 N–H and O–H groups in total. The van der Waals surface area contributed by atoms with Crippen molar-refractivity contribution in [2.75, 3.05) is 19.8 Å². The lowest BCUT2D eigenvalue weighted by atomic mass is 9.98. The molecule has 1 atom stereocenters. The lowest BCUT2D eigenvalue weighted by molar-refractivity contribution is 0.0143. The minimum absolute atomic E-state index is 0.0133. The van der Waals surface area contributed by atoms with Gasteiger partial charge in [0, 0.05) is 12.6 Å². The molecule has 21 heavy (non-hydrogen) atoms. The zero-order valence-corrected chi connectivity index (χ0v) is 12.9. The molecule has 0 aliphatic rings. The quantitative estimate of drug-likeness (QED) is 0.692. The second kappa shape index (κ2) is 9.05. The Hall–Kier alpha value is -1.07. The van der Waals surface area contributed by atoms with Crippen LogP contribution in [0.3, 0.4) is 0 Å². The van der Waals surface area contributed by atoms with Gasteiger partial charge in [-0.25, -0.2) is 13.2 Å². The number of halogens is 3. The molecule has 0 heterocycles. The molecule has 120 valence electrons. The summed E-state index contributed by atoms with van der Waals surface area (Å²) in [5.74, 6) is -0.193. The molecule has 1 aromatic rings. The fourth-order valence-electron chi connectivity index (χ4n) is 2.26. The third-order valence-corrected chi connectivity index (χ3v) is 3.30. The van der Waals surface area contributed by atoms with Crippen molar-refractivity contribution in [3.8, 4) is 0 Å². The van der Waals surface area contributed by atoms with Gasteiger partial charge < -0.3 is 10.1 Å². The molecular formula is C16H24F3NO. The molecule has 1 rings (SSSR count). The summed E-state index contributed by atoms with van der Waals surface area (Å²) in [6, 6.07) is 3.60. The molecule has 0 amide bonds. The Balaban J connectivity index is 2.72. The van der Waals surface area contributed by atoms with E-state index in [0.717, 1.165) is 18.5 Å². The lowest BCUT2D eigenvalue weighted by Crippen LogP contribution is -2.24. The number of nitrogens with one attached hydrogen (secondary N) is 1. The van der Waals surface area contributed by atoms with Crippen molar-refractivity contribution in [2.45, 2.75) is 46.1 Å². The van der Waals surface area contributed by atoms with E-state index in [0.29, 0.717) is 17.5 Å². The molecule has 0 bridgehead atoms. The average molecular weight is 303 g/mol. The topological polar surface area (TPSA) is 21.3 Å². The van der Waals surface area contributed by atoms with Crippen molar-refractivity contribution in [3.05, 3.63) is 34.6 Å². The van der Waals surface area contributed by atoms with Crippen molar-refractivity contribution < 1.29 is 17.9 Å². The molecule has 1 aromatic carbocycles. The minimum atomic E-state index is -2.44. The van der Waals surface area contributed by atoms with Crippen LogP contribution in [-0.4, -0.2) is 26.2 Å². The molecule has 0 aliphatic carbocycles. The third kappa shape index (κ3) is 6.06. The van der Waals surface area contributed by atoms with Gasteiger partial charge in [0.25, 0.3) is 6.43 Å². The van der Waals surface area contributed by atoms with Crippen LogP contribution in [0.2, 0.25) is 0 Å². The first-order valence-corrected chi connectivity index (χ1v) is 7.31. The van der Waals surface area contributed by atoms with Crippen LogP contribution in [0.15, 0.2) is 12.1 Å². The van der Waals surface area contributed by atoms with Crippen LogP contribution < -0.4 is 5.32 Å². The molecule has 0 spiro atoms. The van der Waals surface area contributed by atoms with Gasteiger partial charge in [-0.3, -0.25) is 0 Å². The van der Waals surface area contributed by atoms with Gasteiger partial charge in [0.15, 0.2) is 0 Å².